The van der Waals surface area contributed by atoms with E-state index in [0.29, 0.717) is 0 Å². The number of hydrogen-bond acceptors (Lipinski definition) is 4. The molecule has 0 saturated carbocycles. The number of carbonyl (C=O) groups is 1. The van der Waals surface area contributed by atoms with Crippen LogP contribution in [0.25, 0.3) is 0 Å². The molecular weight excluding hydrogens is 186 g/mol. The first kappa shape index (κ1) is 10.5. The van der Waals surface area contributed by atoms with Crippen LogP contribution < -0.4 is 5.73 Å². The summed E-state index contributed by atoms with van der Waals surface area (Å²) in [5.74, 6) is -1.07. The molecule has 0 aliphatic heterocycles. The smallest absolute Gasteiger partial charge is 0.249 e. The first-order chi connectivity index (χ1) is 6.52. The van der Waals surface area contributed by atoms with E-state index in [2.05, 4.69) is 0 Å². The van der Waals surface area contributed by atoms with Crippen molar-refractivity contribution in [1.29, 1.82) is 0 Å². The summed E-state index contributed by atoms with van der Waals surface area (Å²) >= 11 is 0. The van der Waals surface area contributed by atoms with Gasteiger partial charge in [0.2, 0.25) is 5.91 Å². The number of carbonyl (C=O) groups excluding carboxylic acids is 1. The third-order valence-corrected chi connectivity index (χ3v) is 1.80. The van der Waals surface area contributed by atoms with Crippen LogP contribution >= 0.6 is 0 Å². The van der Waals surface area contributed by atoms with Crippen molar-refractivity contribution in [1.82, 2.24) is 0 Å². The molecule has 5 nitrogen and oxygen atoms in total. The summed E-state index contributed by atoms with van der Waals surface area (Å²) in [7, 11) is 0. The minimum absolute atomic E-state index is 0.0572. The maximum absolute atomic E-state index is 10.5. The molecule has 5 N–H and O–H groups in total. The van der Waals surface area contributed by atoms with E-state index in [1.165, 1.54) is 24.3 Å². The molecule has 0 heterocycles. The van der Waals surface area contributed by atoms with Crippen molar-refractivity contribution in [3.63, 3.8) is 0 Å². The lowest BCUT2D eigenvalue weighted by Gasteiger charge is -2.14. The summed E-state index contributed by atoms with van der Waals surface area (Å²) < 4.78 is 0. The van der Waals surface area contributed by atoms with Gasteiger partial charge in [-0.3, -0.25) is 4.79 Å². The van der Waals surface area contributed by atoms with Gasteiger partial charge in [0.1, 0.15) is 11.9 Å². The standard InChI is InChI=1S/C9H11NO4/c10-9(14)8(13)7(12)5-2-1-3-6(11)4-5/h1-4,7-8,11-13H,(H2,10,14). The van der Waals surface area contributed by atoms with Gasteiger partial charge < -0.3 is 21.1 Å². The van der Waals surface area contributed by atoms with E-state index in [1.807, 2.05) is 0 Å². The topological polar surface area (TPSA) is 104 Å². The number of aliphatic hydroxyl groups excluding tert-OH is 2. The maximum Gasteiger partial charge on any atom is 0.249 e. The van der Waals surface area contributed by atoms with Gasteiger partial charge in [0.15, 0.2) is 6.10 Å². The van der Waals surface area contributed by atoms with Gasteiger partial charge in [-0.1, -0.05) is 12.1 Å². The first-order valence-corrected chi connectivity index (χ1v) is 3.96. The minimum Gasteiger partial charge on any atom is -0.508 e. The fourth-order valence-corrected chi connectivity index (χ4v) is 1.05. The average Bonchev–Trinajstić information content (AvgIpc) is 2.15. The molecule has 0 saturated heterocycles. The predicted molar refractivity (Wildman–Crippen MR) is 48.3 cm³/mol. The Morgan fingerprint density at radius 2 is 2.00 bits per heavy atom. The summed E-state index contributed by atoms with van der Waals surface area (Å²) in [6, 6.07) is 5.61. The molecule has 0 aliphatic rings. The molecule has 2 unspecified atom stereocenters. The molecule has 0 fully saturated rings. The number of primary amides is 1. The Bertz CT molecular complexity index is 339. The summed E-state index contributed by atoms with van der Waals surface area (Å²) in [6.07, 6.45) is -3.09. The molecule has 0 aromatic heterocycles. The molecule has 0 radical (unpaired) electrons. The molecule has 1 rings (SSSR count). The molecule has 14 heavy (non-hydrogen) atoms. The highest BCUT2D eigenvalue weighted by Crippen LogP contribution is 2.20. The molecule has 0 aliphatic carbocycles. The predicted octanol–water partition coefficient (Wildman–Crippen LogP) is -0.728. The van der Waals surface area contributed by atoms with Crippen LogP contribution in [0.4, 0.5) is 0 Å². The van der Waals surface area contributed by atoms with Crippen molar-refractivity contribution in [2.75, 3.05) is 0 Å². The summed E-state index contributed by atoms with van der Waals surface area (Å²) in [6.45, 7) is 0. The van der Waals surface area contributed by atoms with Crippen LogP contribution in [-0.2, 0) is 4.79 Å². The molecular formula is C9H11NO4. The largest absolute Gasteiger partial charge is 0.508 e. The van der Waals surface area contributed by atoms with Crippen molar-refractivity contribution in [3.05, 3.63) is 29.8 Å². The molecule has 1 amide bonds. The molecule has 1 aromatic carbocycles. The Morgan fingerprint density at radius 1 is 1.36 bits per heavy atom. The maximum atomic E-state index is 10.5. The zero-order valence-electron chi connectivity index (χ0n) is 7.29. The lowest BCUT2D eigenvalue weighted by Crippen LogP contribution is -2.33. The highest BCUT2D eigenvalue weighted by atomic mass is 16.3. The Kier molecular flexibility index (Phi) is 3.06. The number of hydrogen-bond donors (Lipinski definition) is 4. The van der Waals surface area contributed by atoms with Gasteiger partial charge in [0.05, 0.1) is 0 Å². The van der Waals surface area contributed by atoms with Crippen molar-refractivity contribution < 1.29 is 20.1 Å². The summed E-state index contributed by atoms with van der Waals surface area (Å²) in [4.78, 5) is 10.5. The van der Waals surface area contributed by atoms with E-state index in [-0.39, 0.29) is 11.3 Å². The van der Waals surface area contributed by atoms with Crippen molar-refractivity contribution in [2.24, 2.45) is 5.73 Å². The van der Waals surface area contributed by atoms with Gasteiger partial charge in [0, 0.05) is 0 Å². The number of aliphatic hydroxyl groups is 2. The summed E-state index contributed by atoms with van der Waals surface area (Å²) in [5, 5.41) is 27.6. The molecule has 1 aromatic rings. The second kappa shape index (κ2) is 4.08. The van der Waals surface area contributed by atoms with Crippen LogP contribution in [-0.4, -0.2) is 27.3 Å². The van der Waals surface area contributed by atoms with E-state index in [0.717, 1.165) is 0 Å². The van der Waals surface area contributed by atoms with Gasteiger partial charge in [-0.25, -0.2) is 0 Å². The highest BCUT2D eigenvalue weighted by molar-refractivity contribution is 5.79. The fourth-order valence-electron chi connectivity index (χ4n) is 1.05. The van der Waals surface area contributed by atoms with Gasteiger partial charge in [-0.2, -0.15) is 0 Å². The zero-order valence-corrected chi connectivity index (χ0v) is 7.29. The monoisotopic (exact) mass is 197 g/mol. The van der Waals surface area contributed by atoms with E-state index in [1.54, 1.807) is 0 Å². The molecule has 2 atom stereocenters. The number of benzene rings is 1. The van der Waals surface area contributed by atoms with Gasteiger partial charge in [-0.05, 0) is 17.7 Å². The Hall–Kier alpha value is -1.59. The lowest BCUT2D eigenvalue weighted by atomic mass is 10.0. The third-order valence-electron chi connectivity index (χ3n) is 1.80. The number of amides is 1. The van der Waals surface area contributed by atoms with Crippen LogP contribution in [0.15, 0.2) is 24.3 Å². The number of phenolic OH excluding ortho intramolecular Hbond substituents is 1. The Morgan fingerprint density at radius 3 is 2.50 bits per heavy atom. The van der Waals surface area contributed by atoms with E-state index < -0.39 is 18.1 Å². The quantitative estimate of drug-likeness (QED) is 0.513. The first-order valence-electron chi connectivity index (χ1n) is 3.96. The van der Waals surface area contributed by atoms with E-state index in [9.17, 15) is 9.90 Å². The average molecular weight is 197 g/mol. The van der Waals surface area contributed by atoms with Crippen LogP contribution in [0.3, 0.4) is 0 Å². The highest BCUT2D eigenvalue weighted by Gasteiger charge is 2.23. The number of phenols is 1. The van der Waals surface area contributed by atoms with Crippen molar-refractivity contribution in [2.45, 2.75) is 12.2 Å². The normalized spacial score (nSPS) is 14.7. The molecule has 0 spiro atoms. The van der Waals surface area contributed by atoms with Gasteiger partial charge in [-0.15, -0.1) is 0 Å². The number of rotatable bonds is 3. The van der Waals surface area contributed by atoms with Crippen molar-refractivity contribution in [3.8, 4) is 5.75 Å². The van der Waals surface area contributed by atoms with Crippen LogP contribution in [0.1, 0.15) is 11.7 Å². The molecule has 0 bridgehead atoms. The second-order valence-corrected chi connectivity index (χ2v) is 2.89. The van der Waals surface area contributed by atoms with Crippen molar-refractivity contribution >= 4 is 5.91 Å². The van der Waals surface area contributed by atoms with Gasteiger partial charge in [0.25, 0.3) is 0 Å². The molecule has 76 valence electrons. The van der Waals surface area contributed by atoms with Crippen LogP contribution in [0, 0.1) is 0 Å². The Balaban J connectivity index is 2.89. The SMILES string of the molecule is NC(=O)C(O)C(O)c1cccc(O)c1. The summed E-state index contributed by atoms with van der Waals surface area (Å²) in [5.41, 5.74) is 5.03. The zero-order chi connectivity index (χ0) is 10.7. The minimum atomic E-state index is -1.67. The molecule has 5 heteroatoms. The van der Waals surface area contributed by atoms with Crippen LogP contribution in [0.5, 0.6) is 5.75 Å². The van der Waals surface area contributed by atoms with Crippen LogP contribution in [0.2, 0.25) is 0 Å². The second-order valence-electron chi connectivity index (χ2n) is 2.89. The van der Waals surface area contributed by atoms with E-state index in [4.69, 9.17) is 15.9 Å². The van der Waals surface area contributed by atoms with E-state index >= 15 is 0 Å². The number of aromatic hydroxyl groups is 1. The lowest BCUT2D eigenvalue weighted by molar-refractivity contribution is -0.131. The van der Waals surface area contributed by atoms with Gasteiger partial charge >= 0.3 is 0 Å². The Labute approximate surface area is 80.4 Å². The third kappa shape index (κ3) is 2.21. The fraction of sp³-hybridized carbons (Fsp3) is 0.222. The number of nitrogens with two attached hydrogens (primary N) is 1.